The van der Waals surface area contributed by atoms with Crippen LogP contribution in [0.4, 0.5) is 0 Å². The number of amides is 1. The van der Waals surface area contributed by atoms with E-state index in [0.29, 0.717) is 6.54 Å². The van der Waals surface area contributed by atoms with Crippen molar-refractivity contribution in [2.75, 3.05) is 13.7 Å². The molecule has 0 bridgehead atoms. The monoisotopic (exact) mass is 271 g/mol. The number of esters is 1. The van der Waals surface area contributed by atoms with Crippen LogP contribution in [0.5, 0.6) is 0 Å². The SMILES string of the molecule is CCCCCCCCCCCCNC(=O)C(=O)OC. The van der Waals surface area contributed by atoms with Crippen LogP contribution in [0.2, 0.25) is 0 Å². The molecule has 0 heterocycles. The van der Waals surface area contributed by atoms with Gasteiger partial charge in [-0.1, -0.05) is 64.7 Å². The van der Waals surface area contributed by atoms with Crippen LogP contribution in [0.1, 0.15) is 71.1 Å². The molecule has 0 spiro atoms. The van der Waals surface area contributed by atoms with Crippen molar-refractivity contribution in [3.63, 3.8) is 0 Å². The van der Waals surface area contributed by atoms with Crippen LogP contribution in [-0.2, 0) is 14.3 Å². The van der Waals surface area contributed by atoms with E-state index in [4.69, 9.17) is 0 Å². The number of nitrogens with one attached hydrogen (secondary N) is 1. The van der Waals surface area contributed by atoms with E-state index >= 15 is 0 Å². The molecule has 0 aliphatic heterocycles. The first-order valence-corrected chi connectivity index (χ1v) is 7.58. The molecular formula is C15H29NO3. The Morgan fingerprint density at radius 1 is 0.842 bits per heavy atom. The molecule has 4 nitrogen and oxygen atoms in total. The summed E-state index contributed by atoms with van der Waals surface area (Å²) in [7, 11) is 1.21. The highest BCUT2D eigenvalue weighted by molar-refractivity contribution is 6.32. The Bertz CT molecular complexity index is 242. The summed E-state index contributed by atoms with van der Waals surface area (Å²) in [6.45, 7) is 2.80. The molecule has 0 fully saturated rings. The van der Waals surface area contributed by atoms with Gasteiger partial charge in [0.25, 0.3) is 0 Å². The van der Waals surface area contributed by atoms with Gasteiger partial charge in [-0.05, 0) is 6.42 Å². The number of hydrogen-bond donors (Lipinski definition) is 1. The molecule has 0 radical (unpaired) electrons. The van der Waals surface area contributed by atoms with Gasteiger partial charge in [0, 0.05) is 6.54 Å². The topological polar surface area (TPSA) is 55.4 Å². The molecule has 112 valence electrons. The average molecular weight is 271 g/mol. The predicted octanol–water partition coefficient (Wildman–Crippen LogP) is 3.20. The molecule has 1 N–H and O–H groups in total. The molecule has 1 amide bonds. The fraction of sp³-hybridized carbons (Fsp3) is 0.867. The maximum Gasteiger partial charge on any atom is 0.396 e. The Balaban J connectivity index is 3.15. The van der Waals surface area contributed by atoms with Crippen molar-refractivity contribution >= 4 is 11.9 Å². The van der Waals surface area contributed by atoms with E-state index in [-0.39, 0.29) is 0 Å². The first-order valence-electron chi connectivity index (χ1n) is 7.58. The molecule has 0 unspecified atom stereocenters. The number of carbonyl (C=O) groups is 2. The molecule has 4 heteroatoms. The standard InChI is InChI=1S/C15H29NO3/c1-3-4-5-6-7-8-9-10-11-12-13-16-14(17)15(18)19-2/h3-13H2,1-2H3,(H,16,17). The lowest BCUT2D eigenvalue weighted by atomic mass is 10.1. The third kappa shape index (κ3) is 11.7. The molecule has 0 saturated heterocycles. The molecule has 0 aromatic heterocycles. The summed E-state index contributed by atoms with van der Waals surface area (Å²) in [6.07, 6.45) is 12.6. The van der Waals surface area contributed by atoms with E-state index in [0.717, 1.165) is 12.8 Å². The van der Waals surface area contributed by atoms with Gasteiger partial charge in [-0.2, -0.15) is 0 Å². The number of carbonyl (C=O) groups excluding carboxylic acids is 2. The van der Waals surface area contributed by atoms with Crippen LogP contribution in [0, 0.1) is 0 Å². The van der Waals surface area contributed by atoms with Crippen LogP contribution in [0.25, 0.3) is 0 Å². The lowest BCUT2D eigenvalue weighted by Gasteiger charge is -2.04. The van der Waals surface area contributed by atoms with E-state index < -0.39 is 11.9 Å². The van der Waals surface area contributed by atoms with Crippen LogP contribution >= 0.6 is 0 Å². The van der Waals surface area contributed by atoms with E-state index in [1.165, 1.54) is 58.5 Å². The second kappa shape index (κ2) is 13.4. The Kier molecular flexibility index (Phi) is 12.6. The number of rotatable bonds is 11. The third-order valence-electron chi connectivity index (χ3n) is 3.19. The molecule has 0 saturated carbocycles. The minimum Gasteiger partial charge on any atom is -0.462 e. The van der Waals surface area contributed by atoms with Gasteiger partial charge in [0.2, 0.25) is 0 Å². The number of methoxy groups -OCH3 is 1. The smallest absolute Gasteiger partial charge is 0.396 e. The average Bonchev–Trinajstić information content (AvgIpc) is 2.43. The zero-order chi connectivity index (χ0) is 14.3. The summed E-state index contributed by atoms with van der Waals surface area (Å²) < 4.78 is 4.31. The van der Waals surface area contributed by atoms with Gasteiger partial charge in [-0.15, -0.1) is 0 Å². The second-order valence-corrected chi connectivity index (χ2v) is 4.93. The van der Waals surface area contributed by atoms with Crippen molar-refractivity contribution in [2.45, 2.75) is 71.1 Å². The summed E-state index contributed by atoms with van der Waals surface area (Å²) in [5.41, 5.74) is 0. The molecule has 19 heavy (non-hydrogen) atoms. The van der Waals surface area contributed by atoms with Gasteiger partial charge >= 0.3 is 11.9 Å². The van der Waals surface area contributed by atoms with Crippen molar-refractivity contribution in [2.24, 2.45) is 0 Å². The van der Waals surface area contributed by atoms with Gasteiger partial charge in [0.1, 0.15) is 0 Å². The summed E-state index contributed by atoms with van der Waals surface area (Å²) in [5, 5.41) is 2.55. The first kappa shape index (κ1) is 17.9. The highest BCUT2D eigenvalue weighted by Gasteiger charge is 2.11. The first-order chi connectivity index (χ1) is 9.22. The zero-order valence-electron chi connectivity index (χ0n) is 12.5. The molecule has 0 rings (SSSR count). The van der Waals surface area contributed by atoms with Crippen molar-refractivity contribution < 1.29 is 14.3 Å². The minimum atomic E-state index is -0.813. The Hall–Kier alpha value is -1.06. The second-order valence-electron chi connectivity index (χ2n) is 4.93. The minimum absolute atomic E-state index is 0.560. The highest BCUT2D eigenvalue weighted by Crippen LogP contribution is 2.10. The quantitative estimate of drug-likeness (QED) is 0.357. The molecule has 0 aromatic rings. The van der Waals surface area contributed by atoms with E-state index in [1.54, 1.807) is 0 Å². The summed E-state index contributed by atoms with van der Waals surface area (Å²) in [5.74, 6) is -1.45. The zero-order valence-corrected chi connectivity index (χ0v) is 12.5. The number of unbranched alkanes of at least 4 members (excludes halogenated alkanes) is 9. The predicted molar refractivity (Wildman–Crippen MR) is 76.9 cm³/mol. The maximum absolute atomic E-state index is 11.0. The Morgan fingerprint density at radius 3 is 1.79 bits per heavy atom. The van der Waals surface area contributed by atoms with Crippen LogP contribution in [0.15, 0.2) is 0 Å². The maximum atomic E-state index is 11.0. The number of ether oxygens (including phenoxy) is 1. The van der Waals surface area contributed by atoms with Crippen LogP contribution < -0.4 is 5.32 Å². The lowest BCUT2D eigenvalue weighted by Crippen LogP contribution is -2.32. The van der Waals surface area contributed by atoms with Crippen molar-refractivity contribution in [3.05, 3.63) is 0 Å². The Morgan fingerprint density at radius 2 is 1.32 bits per heavy atom. The van der Waals surface area contributed by atoms with Gasteiger partial charge in [-0.3, -0.25) is 4.79 Å². The molecular weight excluding hydrogens is 242 g/mol. The van der Waals surface area contributed by atoms with Gasteiger partial charge in [-0.25, -0.2) is 4.79 Å². The normalized spacial score (nSPS) is 10.2. The summed E-state index contributed by atoms with van der Waals surface area (Å²) in [6, 6.07) is 0. The largest absolute Gasteiger partial charge is 0.462 e. The van der Waals surface area contributed by atoms with Gasteiger partial charge in [0.05, 0.1) is 7.11 Å². The molecule has 0 atom stereocenters. The summed E-state index contributed by atoms with van der Waals surface area (Å²) >= 11 is 0. The molecule has 0 aliphatic rings. The van der Waals surface area contributed by atoms with Crippen molar-refractivity contribution in [1.29, 1.82) is 0 Å². The lowest BCUT2D eigenvalue weighted by molar-refractivity contribution is -0.152. The number of hydrogen-bond acceptors (Lipinski definition) is 3. The van der Waals surface area contributed by atoms with Gasteiger partial charge in [0.15, 0.2) is 0 Å². The molecule has 0 aliphatic carbocycles. The third-order valence-corrected chi connectivity index (χ3v) is 3.19. The Labute approximate surface area is 117 Å². The van der Waals surface area contributed by atoms with Crippen LogP contribution in [0.3, 0.4) is 0 Å². The fourth-order valence-corrected chi connectivity index (χ4v) is 1.98. The summed E-state index contributed by atoms with van der Waals surface area (Å²) in [4.78, 5) is 21.8. The van der Waals surface area contributed by atoms with Crippen molar-refractivity contribution in [1.82, 2.24) is 5.32 Å². The van der Waals surface area contributed by atoms with E-state index in [9.17, 15) is 9.59 Å². The van der Waals surface area contributed by atoms with E-state index in [1.807, 2.05) is 0 Å². The highest BCUT2D eigenvalue weighted by atomic mass is 16.5. The van der Waals surface area contributed by atoms with E-state index in [2.05, 4.69) is 17.0 Å². The fourth-order valence-electron chi connectivity index (χ4n) is 1.98. The molecule has 0 aromatic carbocycles. The van der Waals surface area contributed by atoms with Crippen LogP contribution in [-0.4, -0.2) is 25.5 Å². The van der Waals surface area contributed by atoms with Gasteiger partial charge < -0.3 is 10.1 Å². The van der Waals surface area contributed by atoms with Crippen molar-refractivity contribution in [3.8, 4) is 0 Å².